The summed E-state index contributed by atoms with van der Waals surface area (Å²) in [5.41, 5.74) is -5.77. The van der Waals surface area contributed by atoms with Crippen molar-refractivity contribution in [3.05, 3.63) is 63.2 Å². The Morgan fingerprint density at radius 2 is 1.97 bits per heavy atom. The van der Waals surface area contributed by atoms with Crippen LogP contribution < -0.4 is 15.8 Å². The molecule has 0 amide bonds. The molecule has 16 heteroatoms. The molecule has 2 heterocycles. The van der Waals surface area contributed by atoms with E-state index in [1.54, 1.807) is 42.4 Å². The summed E-state index contributed by atoms with van der Waals surface area (Å²) in [5, 5.41) is 12.4. The van der Waals surface area contributed by atoms with Crippen LogP contribution in [-0.4, -0.2) is 57.3 Å². The molecule has 0 bridgehead atoms. The monoisotopic (exact) mass is 592 g/mol. The molecule has 0 spiro atoms. The summed E-state index contributed by atoms with van der Waals surface area (Å²) in [6, 6.07) is 7.56. The average Bonchev–Trinajstić information content (AvgIpc) is 3.10. The summed E-state index contributed by atoms with van der Waals surface area (Å²) in [6.45, 7) is 3.50. The van der Waals surface area contributed by atoms with Gasteiger partial charge in [0.15, 0.2) is 12.3 Å². The number of aliphatic hydroxyl groups is 1. The normalized spacial score (nSPS) is 24.9. The number of aromatic amines is 1. The van der Waals surface area contributed by atoms with E-state index in [2.05, 4.69) is 0 Å². The van der Waals surface area contributed by atoms with E-state index in [1.165, 1.54) is 19.1 Å². The van der Waals surface area contributed by atoms with Crippen molar-refractivity contribution < 1.29 is 46.3 Å². The van der Waals surface area contributed by atoms with E-state index in [9.17, 15) is 28.4 Å². The van der Waals surface area contributed by atoms with E-state index in [0.717, 1.165) is 0 Å². The lowest BCUT2D eigenvalue weighted by Crippen LogP contribution is -2.45. The summed E-state index contributed by atoms with van der Waals surface area (Å²) in [7, 11) is -4.70. The van der Waals surface area contributed by atoms with Gasteiger partial charge in [0.1, 0.15) is 18.0 Å². The molecule has 1 unspecified atom stereocenters. The van der Waals surface area contributed by atoms with E-state index in [1.807, 2.05) is 5.92 Å². The standard InChI is InChI=1S/C23H24ClF2N2O10P/c1-13(2)35-20(31)14(3)37-39(33,38-15-7-5-4-6-8-15)34-12-17-18(29)23(26,9-10-24)21(36-17)28-11-16(25)19(30)27-22(28)32/h4-8,11,13-14,17-18,21,29H,12H2,1-3H3,(H,27,30,32)/t14-,17+,18?,21+,23+,39-/m0/s1. The number of carbonyl (C=O) groups is 1. The second kappa shape index (κ2) is 12.4. The Morgan fingerprint density at radius 1 is 1.31 bits per heavy atom. The lowest BCUT2D eigenvalue weighted by Gasteiger charge is -2.24. The highest BCUT2D eigenvalue weighted by molar-refractivity contribution is 7.49. The quantitative estimate of drug-likeness (QED) is 0.239. The van der Waals surface area contributed by atoms with E-state index in [0.29, 0.717) is 10.8 Å². The second-order valence-electron chi connectivity index (χ2n) is 8.48. The van der Waals surface area contributed by atoms with Crippen LogP contribution in [0, 0.1) is 17.1 Å². The Bertz CT molecular complexity index is 1410. The molecule has 0 saturated carbocycles. The number of nitrogens with zero attached hydrogens (tertiary/aromatic N) is 1. The van der Waals surface area contributed by atoms with Crippen LogP contribution in [0.3, 0.4) is 0 Å². The van der Waals surface area contributed by atoms with Gasteiger partial charge in [0.05, 0.1) is 18.9 Å². The zero-order valence-corrected chi connectivity index (χ0v) is 22.4. The van der Waals surface area contributed by atoms with Crippen LogP contribution in [0.25, 0.3) is 0 Å². The summed E-state index contributed by atoms with van der Waals surface area (Å²) in [6.07, 6.45) is -7.64. The fraction of sp³-hybridized carbons (Fsp3) is 0.435. The summed E-state index contributed by atoms with van der Waals surface area (Å²) < 4.78 is 69.9. The minimum Gasteiger partial charge on any atom is -0.461 e. The molecule has 1 fully saturated rings. The van der Waals surface area contributed by atoms with E-state index in [-0.39, 0.29) is 5.75 Å². The van der Waals surface area contributed by atoms with Gasteiger partial charge in [0.2, 0.25) is 11.5 Å². The Morgan fingerprint density at radius 3 is 2.59 bits per heavy atom. The van der Waals surface area contributed by atoms with Crippen LogP contribution in [0.15, 0.2) is 46.1 Å². The fourth-order valence-corrected chi connectivity index (χ4v) is 4.90. The number of esters is 1. The topological polar surface area (TPSA) is 155 Å². The van der Waals surface area contributed by atoms with Gasteiger partial charge >= 0.3 is 19.5 Å². The van der Waals surface area contributed by atoms with Crippen LogP contribution in [0.4, 0.5) is 8.78 Å². The predicted molar refractivity (Wildman–Crippen MR) is 131 cm³/mol. The highest BCUT2D eigenvalue weighted by Crippen LogP contribution is 2.52. The minimum atomic E-state index is -4.70. The van der Waals surface area contributed by atoms with Crippen molar-refractivity contribution in [3.8, 4) is 17.0 Å². The lowest BCUT2D eigenvalue weighted by atomic mass is 9.97. The lowest BCUT2D eigenvalue weighted by molar-refractivity contribution is -0.156. The number of aliphatic hydroxyl groups excluding tert-OH is 1. The number of hydrogen-bond donors (Lipinski definition) is 2. The molecule has 3 rings (SSSR count). The highest BCUT2D eigenvalue weighted by Gasteiger charge is 2.58. The molecule has 6 atom stereocenters. The maximum Gasteiger partial charge on any atom is 0.530 e. The SMILES string of the molecule is CC(C)OC(=O)[C@H](C)O[P@](=O)(OC[C@H]1O[C@@H](n2cc(F)c(=O)[nH]c2=O)[C@@](F)(C#CCl)C1O)Oc1ccccc1. The number of nitrogens with one attached hydrogen (secondary N) is 1. The van der Waals surface area contributed by atoms with Gasteiger partial charge in [0.25, 0.3) is 5.56 Å². The summed E-state index contributed by atoms with van der Waals surface area (Å²) in [5.74, 6) is -0.463. The highest BCUT2D eigenvalue weighted by atomic mass is 35.5. The third-order valence-electron chi connectivity index (χ3n) is 5.19. The van der Waals surface area contributed by atoms with E-state index >= 15 is 4.39 Å². The van der Waals surface area contributed by atoms with Gasteiger partial charge in [-0.25, -0.2) is 18.5 Å². The number of carbonyl (C=O) groups excluding carboxylic acids is 1. The number of para-hydroxylation sites is 1. The molecular weight excluding hydrogens is 569 g/mol. The molecule has 0 radical (unpaired) electrons. The zero-order valence-electron chi connectivity index (χ0n) is 20.7. The molecule has 0 aliphatic carbocycles. The first-order valence-electron chi connectivity index (χ1n) is 11.3. The maximum atomic E-state index is 15.9. The number of ether oxygens (including phenoxy) is 2. The van der Waals surface area contributed by atoms with Gasteiger partial charge < -0.3 is 19.1 Å². The third-order valence-corrected chi connectivity index (χ3v) is 6.76. The van der Waals surface area contributed by atoms with Gasteiger partial charge in [-0.1, -0.05) is 18.2 Å². The first-order chi connectivity index (χ1) is 18.3. The average molecular weight is 593 g/mol. The fourth-order valence-electron chi connectivity index (χ4n) is 3.42. The first kappa shape index (κ1) is 30.5. The second-order valence-corrected chi connectivity index (χ2v) is 10.2. The van der Waals surface area contributed by atoms with E-state index in [4.69, 9.17) is 34.6 Å². The molecule has 1 aliphatic heterocycles. The van der Waals surface area contributed by atoms with Crippen molar-refractivity contribution in [3.63, 3.8) is 0 Å². The molecule has 1 saturated heterocycles. The van der Waals surface area contributed by atoms with Gasteiger partial charge in [-0.2, -0.15) is 4.39 Å². The number of phosphoric acid groups is 1. The summed E-state index contributed by atoms with van der Waals surface area (Å²) >= 11 is 5.35. The number of H-pyrrole nitrogens is 1. The smallest absolute Gasteiger partial charge is 0.461 e. The Hall–Kier alpha value is -3.05. The number of rotatable bonds is 10. The molecular formula is C23H24ClF2N2O10P. The summed E-state index contributed by atoms with van der Waals surface area (Å²) in [4.78, 5) is 37.5. The zero-order chi connectivity index (χ0) is 29.0. The Kier molecular flexibility index (Phi) is 9.71. The maximum absolute atomic E-state index is 15.9. The van der Waals surface area contributed by atoms with Crippen molar-refractivity contribution in [2.45, 2.75) is 57.1 Å². The number of alkyl halides is 1. The largest absolute Gasteiger partial charge is 0.530 e. The molecule has 2 aromatic rings. The van der Waals surface area contributed by atoms with Crippen molar-refractivity contribution in [1.29, 1.82) is 0 Å². The van der Waals surface area contributed by atoms with Gasteiger partial charge in [0, 0.05) is 5.38 Å². The molecule has 1 aliphatic rings. The van der Waals surface area contributed by atoms with Crippen LogP contribution >= 0.6 is 19.4 Å². The third kappa shape index (κ3) is 7.13. The Labute approximate surface area is 225 Å². The van der Waals surface area contributed by atoms with Gasteiger partial charge in [-0.3, -0.25) is 23.4 Å². The van der Waals surface area contributed by atoms with Gasteiger partial charge in [-0.05, 0) is 50.4 Å². The predicted octanol–water partition coefficient (Wildman–Crippen LogP) is 2.40. The first-order valence-corrected chi connectivity index (χ1v) is 13.2. The van der Waals surface area contributed by atoms with Crippen molar-refractivity contribution in [1.82, 2.24) is 9.55 Å². The van der Waals surface area contributed by atoms with Crippen LogP contribution in [0.2, 0.25) is 0 Å². The van der Waals surface area contributed by atoms with Crippen LogP contribution in [0.1, 0.15) is 27.0 Å². The number of halogens is 3. The molecule has 1 aromatic heterocycles. The number of aromatic nitrogens is 2. The number of hydrogen-bond acceptors (Lipinski definition) is 10. The molecule has 39 heavy (non-hydrogen) atoms. The minimum absolute atomic E-state index is 0.0131. The Balaban J connectivity index is 1.89. The van der Waals surface area contributed by atoms with Crippen LogP contribution in [0.5, 0.6) is 5.75 Å². The molecule has 1 aromatic carbocycles. The molecule has 2 N–H and O–H groups in total. The molecule has 12 nitrogen and oxygen atoms in total. The number of benzene rings is 1. The van der Waals surface area contributed by atoms with E-state index < -0.39 is 73.8 Å². The van der Waals surface area contributed by atoms with Crippen molar-refractivity contribution in [2.75, 3.05) is 6.61 Å². The van der Waals surface area contributed by atoms with Crippen molar-refractivity contribution in [2.24, 2.45) is 0 Å². The van der Waals surface area contributed by atoms with Gasteiger partial charge in [-0.15, -0.1) is 0 Å². The van der Waals surface area contributed by atoms with Crippen molar-refractivity contribution >= 4 is 25.4 Å². The molecule has 212 valence electrons. The van der Waals surface area contributed by atoms with Crippen LogP contribution in [-0.2, 0) is 27.9 Å². The number of phosphoric ester groups is 1.